The zero-order valence-electron chi connectivity index (χ0n) is 5.39. The topological polar surface area (TPSA) is 98.2 Å². The third-order valence-electron chi connectivity index (χ3n) is 1.04. The Hall–Kier alpha value is -1.85. The number of hydrogen-bond donors (Lipinski definition) is 2. The lowest BCUT2D eigenvalue weighted by Crippen LogP contribution is -2.25. The van der Waals surface area contributed by atoms with Gasteiger partial charge in [0.2, 0.25) is 0 Å². The van der Waals surface area contributed by atoms with E-state index in [2.05, 4.69) is 4.98 Å². The molecule has 6 heteroatoms. The number of nitrogens with two attached hydrogens (primary N) is 1. The van der Waals surface area contributed by atoms with Gasteiger partial charge in [0, 0.05) is 0 Å². The molecule has 1 aromatic rings. The van der Waals surface area contributed by atoms with Crippen LogP contribution in [0, 0.1) is 0 Å². The Kier molecular flexibility index (Phi) is 1.59. The average molecular weight is 155 g/mol. The molecule has 0 radical (unpaired) electrons. The average Bonchev–Trinajstić information content (AvgIpc) is 1.94. The summed E-state index contributed by atoms with van der Waals surface area (Å²) in [6, 6.07) is 1.14. The van der Waals surface area contributed by atoms with E-state index in [0.29, 0.717) is 0 Å². The van der Waals surface area contributed by atoms with Gasteiger partial charge in [-0.05, 0) is 6.07 Å². The normalized spacial score (nSPS) is 9.45. The van der Waals surface area contributed by atoms with Crippen LogP contribution in [-0.4, -0.2) is 20.8 Å². The maximum atomic E-state index is 10.5. The van der Waals surface area contributed by atoms with Gasteiger partial charge in [0.05, 0.1) is 6.20 Å². The molecular weight excluding hydrogens is 150 g/mol. The third-order valence-corrected chi connectivity index (χ3v) is 1.04. The van der Waals surface area contributed by atoms with Gasteiger partial charge >= 0.3 is 5.69 Å². The summed E-state index contributed by atoms with van der Waals surface area (Å²) < 4.78 is 0.256. The highest BCUT2D eigenvalue weighted by atomic mass is 16.5. The molecule has 1 rings (SSSR count). The molecule has 0 atom stereocenters. The van der Waals surface area contributed by atoms with Crippen LogP contribution in [0.15, 0.2) is 17.1 Å². The van der Waals surface area contributed by atoms with Crippen LogP contribution in [0.25, 0.3) is 0 Å². The van der Waals surface area contributed by atoms with Crippen LogP contribution >= 0.6 is 0 Å². The third kappa shape index (κ3) is 1.34. The fraction of sp³-hybridized carbons (Fsp3) is 0. The molecule has 11 heavy (non-hydrogen) atoms. The zero-order chi connectivity index (χ0) is 8.43. The second-order valence-corrected chi connectivity index (χ2v) is 1.80. The maximum absolute atomic E-state index is 10.5. The minimum Gasteiger partial charge on any atom is -0.424 e. The lowest BCUT2D eigenvalue weighted by molar-refractivity contribution is 0.0992. The number of carbonyl (C=O) groups excluding carboxylic acids is 1. The Morgan fingerprint density at radius 1 is 1.73 bits per heavy atom. The van der Waals surface area contributed by atoms with Gasteiger partial charge in [-0.15, -0.1) is 4.73 Å². The van der Waals surface area contributed by atoms with E-state index in [9.17, 15) is 9.59 Å². The summed E-state index contributed by atoms with van der Waals surface area (Å²) in [4.78, 5) is 24.1. The Morgan fingerprint density at radius 2 is 2.36 bits per heavy atom. The van der Waals surface area contributed by atoms with E-state index in [0.717, 1.165) is 12.3 Å². The Balaban J connectivity index is 3.26. The minimum atomic E-state index is -0.929. The maximum Gasteiger partial charge on any atom is 0.380 e. The molecule has 0 saturated carbocycles. The zero-order valence-corrected chi connectivity index (χ0v) is 5.39. The van der Waals surface area contributed by atoms with E-state index in [1.165, 1.54) is 0 Å². The fourth-order valence-corrected chi connectivity index (χ4v) is 0.534. The highest BCUT2D eigenvalue weighted by Crippen LogP contribution is 1.85. The Labute approximate surface area is 60.9 Å². The Bertz CT molecular complexity index is 343. The summed E-state index contributed by atoms with van der Waals surface area (Å²) in [6.07, 6.45) is 0.995. The molecule has 1 aromatic heterocycles. The van der Waals surface area contributed by atoms with Gasteiger partial charge in [-0.2, -0.15) is 4.98 Å². The van der Waals surface area contributed by atoms with E-state index in [1.807, 2.05) is 0 Å². The van der Waals surface area contributed by atoms with Crippen LogP contribution in [0.1, 0.15) is 10.5 Å². The van der Waals surface area contributed by atoms with Gasteiger partial charge in [0.1, 0.15) is 5.69 Å². The molecule has 0 aliphatic carbocycles. The molecule has 0 bridgehead atoms. The summed E-state index contributed by atoms with van der Waals surface area (Å²) in [5, 5.41) is 8.62. The van der Waals surface area contributed by atoms with Crippen LogP contribution in [0.2, 0.25) is 0 Å². The van der Waals surface area contributed by atoms with Crippen LogP contribution in [0.3, 0.4) is 0 Å². The Morgan fingerprint density at radius 3 is 2.82 bits per heavy atom. The highest BCUT2D eigenvalue weighted by Gasteiger charge is 2.02. The molecule has 0 saturated heterocycles. The van der Waals surface area contributed by atoms with Gasteiger partial charge in [-0.3, -0.25) is 4.79 Å². The minimum absolute atomic E-state index is 0.166. The van der Waals surface area contributed by atoms with Crippen molar-refractivity contribution in [1.29, 1.82) is 0 Å². The largest absolute Gasteiger partial charge is 0.424 e. The SMILES string of the molecule is NC(=O)c1ccn(O)c(=O)n1. The summed E-state index contributed by atoms with van der Waals surface area (Å²) in [7, 11) is 0. The summed E-state index contributed by atoms with van der Waals surface area (Å²) in [6.45, 7) is 0. The number of aromatic nitrogens is 2. The second kappa shape index (κ2) is 2.41. The summed E-state index contributed by atoms with van der Waals surface area (Å²) in [5.41, 5.74) is 3.71. The summed E-state index contributed by atoms with van der Waals surface area (Å²) >= 11 is 0. The number of nitrogens with zero attached hydrogens (tertiary/aromatic N) is 2. The first-order chi connectivity index (χ1) is 5.11. The van der Waals surface area contributed by atoms with Crippen LogP contribution in [-0.2, 0) is 0 Å². The number of amides is 1. The first kappa shape index (κ1) is 7.26. The van der Waals surface area contributed by atoms with Gasteiger partial charge in [0.15, 0.2) is 0 Å². The molecule has 6 nitrogen and oxygen atoms in total. The number of primary amides is 1. The predicted molar refractivity (Wildman–Crippen MR) is 34.2 cm³/mol. The van der Waals surface area contributed by atoms with Crippen LogP contribution < -0.4 is 11.4 Å². The highest BCUT2D eigenvalue weighted by molar-refractivity contribution is 5.90. The molecule has 3 N–H and O–H groups in total. The monoisotopic (exact) mass is 155 g/mol. The number of rotatable bonds is 1. The van der Waals surface area contributed by atoms with Crippen molar-refractivity contribution in [3.63, 3.8) is 0 Å². The molecule has 1 amide bonds. The standard InChI is InChI=1S/C5H5N3O3/c6-4(9)3-1-2-8(11)5(10)7-3/h1-2,11H,(H2,6,9). The van der Waals surface area contributed by atoms with Crippen LogP contribution in [0.4, 0.5) is 0 Å². The molecule has 0 aromatic carbocycles. The lowest BCUT2D eigenvalue weighted by Gasteiger charge is -1.94. The smallest absolute Gasteiger partial charge is 0.380 e. The molecule has 0 aliphatic rings. The fourth-order valence-electron chi connectivity index (χ4n) is 0.534. The van der Waals surface area contributed by atoms with E-state index >= 15 is 0 Å². The van der Waals surface area contributed by atoms with Crippen molar-refractivity contribution in [3.8, 4) is 0 Å². The van der Waals surface area contributed by atoms with Crippen molar-refractivity contribution in [2.75, 3.05) is 0 Å². The first-order valence-corrected chi connectivity index (χ1v) is 2.70. The van der Waals surface area contributed by atoms with Crippen molar-refractivity contribution >= 4 is 5.91 Å². The van der Waals surface area contributed by atoms with E-state index in [-0.39, 0.29) is 10.4 Å². The van der Waals surface area contributed by atoms with E-state index in [1.54, 1.807) is 0 Å². The van der Waals surface area contributed by atoms with Gasteiger partial charge in [0.25, 0.3) is 5.91 Å². The van der Waals surface area contributed by atoms with E-state index in [4.69, 9.17) is 10.9 Å². The van der Waals surface area contributed by atoms with Gasteiger partial charge < -0.3 is 10.9 Å². The van der Waals surface area contributed by atoms with E-state index < -0.39 is 11.6 Å². The lowest BCUT2D eigenvalue weighted by atomic mass is 10.4. The van der Waals surface area contributed by atoms with Gasteiger partial charge in [-0.25, -0.2) is 4.79 Å². The molecule has 0 spiro atoms. The molecule has 0 unspecified atom stereocenters. The molecule has 0 aliphatic heterocycles. The van der Waals surface area contributed by atoms with Crippen molar-refractivity contribution in [1.82, 2.24) is 9.71 Å². The second-order valence-electron chi connectivity index (χ2n) is 1.80. The molecule has 58 valence electrons. The molecule has 0 fully saturated rings. The number of hydrogen-bond acceptors (Lipinski definition) is 4. The molecule has 1 heterocycles. The quantitative estimate of drug-likeness (QED) is 0.486. The number of carbonyl (C=O) groups is 1. The van der Waals surface area contributed by atoms with Crippen LogP contribution in [0.5, 0.6) is 0 Å². The van der Waals surface area contributed by atoms with Crippen molar-refractivity contribution < 1.29 is 10.0 Å². The molecular formula is C5H5N3O3. The predicted octanol–water partition coefficient (Wildman–Crippen LogP) is -1.42. The van der Waals surface area contributed by atoms with Crippen molar-refractivity contribution in [3.05, 3.63) is 28.4 Å². The van der Waals surface area contributed by atoms with Crippen molar-refractivity contribution in [2.24, 2.45) is 5.73 Å². The van der Waals surface area contributed by atoms with Crippen molar-refractivity contribution in [2.45, 2.75) is 0 Å². The van der Waals surface area contributed by atoms with Gasteiger partial charge in [-0.1, -0.05) is 0 Å². The summed E-state index contributed by atoms with van der Waals surface area (Å²) in [5.74, 6) is -0.803. The first-order valence-electron chi connectivity index (χ1n) is 2.70.